The lowest BCUT2D eigenvalue weighted by Gasteiger charge is -2.61. The minimum Gasteiger partial charge on any atom is -0.325 e. The quantitative estimate of drug-likeness (QED) is 0.697. The Balaban J connectivity index is 1.46. The van der Waals surface area contributed by atoms with E-state index in [4.69, 9.17) is 0 Å². The molecule has 6 nitrogen and oxygen atoms in total. The summed E-state index contributed by atoms with van der Waals surface area (Å²) in [4.78, 5) is 6.58. The van der Waals surface area contributed by atoms with Gasteiger partial charge in [0.1, 0.15) is 11.6 Å². The lowest BCUT2D eigenvalue weighted by molar-refractivity contribution is -0.103. The number of nitrogens with zero attached hydrogens (tertiary/aromatic N) is 6. The first-order valence-corrected chi connectivity index (χ1v) is 10.1. The molecule has 0 radical (unpaired) electrons. The molecular formula is C21H23FN6. The Morgan fingerprint density at radius 1 is 1.04 bits per heavy atom. The minimum atomic E-state index is -0.219. The second-order valence-corrected chi connectivity index (χ2v) is 9.16. The topological polar surface area (TPSA) is 61.4 Å². The molecule has 144 valence electrons. The molecule has 4 bridgehead atoms. The average molecular weight is 378 g/mol. The Morgan fingerprint density at radius 3 is 2.43 bits per heavy atom. The summed E-state index contributed by atoms with van der Waals surface area (Å²) in [5, 5.41) is 13.2. The summed E-state index contributed by atoms with van der Waals surface area (Å²) in [6, 6.07) is 6.68. The highest BCUT2D eigenvalue weighted by molar-refractivity contribution is 5.56. The third kappa shape index (κ3) is 2.25. The third-order valence-electron chi connectivity index (χ3n) is 7.19. The highest BCUT2D eigenvalue weighted by atomic mass is 19.1. The molecule has 2 atom stereocenters. The Kier molecular flexibility index (Phi) is 3.21. The summed E-state index contributed by atoms with van der Waals surface area (Å²) in [6.07, 6.45) is 10.9. The summed E-state index contributed by atoms with van der Waals surface area (Å²) >= 11 is 0. The maximum Gasteiger partial charge on any atom is 0.171 e. The van der Waals surface area contributed by atoms with Gasteiger partial charge in [0.25, 0.3) is 0 Å². The summed E-state index contributed by atoms with van der Waals surface area (Å²) in [6.45, 7) is 1.91. The van der Waals surface area contributed by atoms with Crippen LogP contribution in [0.25, 0.3) is 11.4 Å². The number of hydrogen-bond donors (Lipinski definition) is 0. The molecule has 2 aromatic heterocycles. The van der Waals surface area contributed by atoms with Gasteiger partial charge in [-0.2, -0.15) is 4.80 Å². The van der Waals surface area contributed by atoms with Crippen LogP contribution in [0.3, 0.4) is 0 Å². The molecule has 28 heavy (non-hydrogen) atoms. The molecule has 0 N–H and O–H groups in total. The van der Waals surface area contributed by atoms with Crippen molar-refractivity contribution in [3.05, 3.63) is 48.3 Å². The Labute approximate surface area is 162 Å². The lowest BCUT2D eigenvalue weighted by atomic mass is 9.50. The van der Waals surface area contributed by atoms with Crippen molar-refractivity contribution in [3.8, 4) is 11.4 Å². The maximum absolute atomic E-state index is 13.4. The van der Waals surface area contributed by atoms with Crippen LogP contribution in [0.4, 0.5) is 4.39 Å². The number of aromatic nitrogens is 6. The normalized spacial score (nSPS) is 33.5. The second kappa shape index (κ2) is 5.49. The van der Waals surface area contributed by atoms with Crippen molar-refractivity contribution in [2.75, 3.05) is 0 Å². The van der Waals surface area contributed by atoms with E-state index in [0.29, 0.717) is 11.8 Å². The van der Waals surface area contributed by atoms with E-state index in [1.165, 1.54) is 31.4 Å². The first-order valence-electron chi connectivity index (χ1n) is 10.1. The highest BCUT2D eigenvalue weighted by Gasteiger charge is 2.60. The summed E-state index contributed by atoms with van der Waals surface area (Å²) in [5.74, 6) is 2.80. The first kappa shape index (κ1) is 16.4. The van der Waals surface area contributed by atoms with Crippen LogP contribution in [-0.4, -0.2) is 29.8 Å². The van der Waals surface area contributed by atoms with Gasteiger partial charge < -0.3 is 4.57 Å². The molecular weight excluding hydrogens is 355 g/mol. The Morgan fingerprint density at radius 2 is 1.75 bits per heavy atom. The van der Waals surface area contributed by atoms with Gasteiger partial charge in [0.05, 0.1) is 5.54 Å². The molecule has 7 rings (SSSR count). The fraction of sp³-hybridized carbons (Fsp3) is 0.524. The number of tetrazole rings is 1. The van der Waals surface area contributed by atoms with Crippen molar-refractivity contribution in [1.29, 1.82) is 0 Å². The van der Waals surface area contributed by atoms with E-state index in [9.17, 15) is 4.39 Å². The van der Waals surface area contributed by atoms with Gasteiger partial charge in [-0.25, -0.2) is 9.37 Å². The molecule has 0 spiro atoms. The van der Waals surface area contributed by atoms with Gasteiger partial charge in [-0.3, -0.25) is 0 Å². The fourth-order valence-corrected chi connectivity index (χ4v) is 6.67. The van der Waals surface area contributed by atoms with E-state index >= 15 is 0 Å². The Hall–Kier alpha value is -2.57. The number of imidazole rings is 1. The average Bonchev–Trinajstić information content (AvgIpc) is 3.31. The number of rotatable bonds is 3. The van der Waals surface area contributed by atoms with Crippen molar-refractivity contribution in [2.24, 2.45) is 11.8 Å². The molecule has 4 aliphatic rings. The van der Waals surface area contributed by atoms with Crippen LogP contribution >= 0.6 is 0 Å². The number of benzene rings is 1. The van der Waals surface area contributed by atoms with Gasteiger partial charge >= 0.3 is 0 Å². The molecule has 3 aromatic rings. The van der Waals surface area contributed by atoms with Gasteiger partial charge in [0, 0.05) is 23.5 Å². The second-order valence-electron chi connectivity index (χ2n) is 9.16. The molecule has 0 amide bonds. The van der Waals surface area contributed by atoms with E-state index in [2.05, 4.69) is 31.2 Å². The third-order valence-corrected chi connectivity index (χ3v) is 7.19. The zero-order chi connectivity index (χ0) is 18.9. The van der Waals surface area contributed by atoms with Gasteiger partial charge in [-0.05, 0) is 86.8 Å². The lowest BCUT2D eigenvalue weighted by Crippen LogP contribution is -2.60. The van der Waals surface area contributed by atoms with E-state index in [0.717, 1.165) is 36.5 Å². The largest absolute Gasteiger partial charge is 0.325 e. The molecule has 4 aliphatic carbocycles. The smallest absolute Gasteiger partial charge is 0.171 e. The molecule has 4 saturated carbocycles. The van der Waals surface area contributed by atoms with Gasteiger partial charge in [0.15, 0.2) is 5.82 Å². The molecule has 2 heterocycles. The predicted octanol–water partition coefficient (Wildman–Crippen LogP) is 3.69. The molecule has 1 aromatic carbocycles. The summed E-state index contributed by atoms with van der Waals surface area (Å²) < 4.78 is 15.8. The standard InChI is InChI=1S/C21H23FN6/c1-14-24-26-28(25-14)21-11-15-8-16(12-21)10-20(9-15,13-21)27-7-6-23-19(27)17-2-4-18(22)5-3-17/h2-7,15-16H,8-13H2,1H3. The molecule has 2 unspecified atom stereocenters. The van der Waals surface area contributed by atoms with Gasteiger partial charge in [-0.15, -0.1) is 10.2 Å². The summed E-state index contributed by atoms with van der Waals surface area (Å²) in [5.41, 5.74) is 0.938. The van der Waals surface area contributed by atoms with Crippen molar-refractivity contribution < 1.29 is 4.39 Å². The van der Waals surface area contributed by atoms with Gasteiger partial charge in [0.2, 0.25) is 0 Å². The van der Waals surface area contributed by atoms with Crippen LogP contribution < -0.4 is 0 Å². The van der Waals surface area contributed by atoms with E-state index in [-0.39, 0.29) is 16.9 Å². The maximum atomic E-state index is 13.4. The van der Waals surface area contributed by atoms with Crippen molar-refractivity contribution in [3.63, 3.8) is 0 Å². The van der Waals surface area contributed by atoms with Crippen molar-refractivity contribution in [2.45, 2.75) is 56.5 Å². The highest BCUT2D eigenvalue weighted by Crippen LogP contribution is 2.63. The zero-order valence-electron chi connectivity index (χ0n) is 15.9. The van der Waals surface area contributed by atoms with Crippen molar-refractivity contribution >= 4 is 0 Å². The van der Waals surface area contributed by atoms with Crippen LogP contribution in [0.5, 0.6) is 0 Å². The molecule has 0 aliphatic heterocycles. The first-order chi connectivity index (χ1) is 13.6. The summed E-state index contributed by atoms with van der Waals surface area (Å²) in [7, 11) is 0. The number of hydrogen-bond acceptors (Lipinski definition) is 4. The number of halogens is 1. The number of aryl methyl sites for hydroxylation is 1. The molecule has 7 heteroatoms. The van der Waals surface area contributed by atoms with Crippen LogP contribution in [0.2, 0.25) is 0 Å². The van der Waals surface area contributed by atoms with Gasteiger partial charge in [-0.1, -0.05) is 0 Å². The SMILES string of the molecule is Cc1nnn(C23CC4CC(C2)CC(n2ccnc2-c2ccc(F)cc2)(C4)C3)n1. The molecule has 0 saturated heterocycles. The van der Waals surface area contributed by atoms with E-state index < -0.39 is 0 Å². The Bertz CT molecular complexity index is 1020. The van der Waals surface area contributed by atoms with Crippen molar-refractivity contribution in [1.82, 2.24) is 29.8 Å². The fourth-order valence-electron chi connectivity index (χ4n) is 6.67. The predicted molar refractivity (Wildman–Crippen MR) is 101 cm³/mol. The van der Waals surface area contributed by atoms with E-state index in [1.54, 1.807) is 0 Å². The van der Waals surface area contributed by atoms with Crippen LogP contribution in [0.15, 0.2) is 36.7 Å². The van der Waals surface area contributed by atoms with Crippen LogP contribution in [-0.2, 0) is 11.1 Å². The minimum absolute atomic E-state index is 0.0197. The monoisotopic (exact) mass is 378 g/mol. The zero-order valence-corrected chi connectivity index (χ0v) is 15.9. The van der Waals surface area contributed by atoms with Crippen LogP contribution in [0.1, 0.15) is 44.3 Å². The molecule has 4 fully saturated rings. The van der Waals surface area contributed by atoms with Crippen LogP contribution in [0, 0.1) is 24.6 Å². The van der Waals surface area contributed by atoms with E-state index in [1.807, 2.05) is 30.0 Å².